The van der Waals surface area contributed by atoms with Crippen molar-refractivity contribution >= 4 is 11.0 Å². The Kier molecular flexibility index (Phi) is 6.47. The predicted molar refractivity (Wildman–Crippen MR) is 120 cm³/mol. The van der Waals surface area contributed by atoms with Crippen LogP contribution in [-0.2, 0) is 6.54 Å². The molecule has 164 valence electrons. The number of aryl methyl sites for hydroxylation is 1. The third-order valence-corrected chi connectivity index (χ3v) is 5.70. The molecule has 0 amide bonds. The number of phenols is 1. The van der Waals surface area contributed by atoms with E-state index in [4.69, 9.17) is 13.9 Å². The van der Waals surface area contributed by atoms with Crippen LogP contribution in [0.1, 0.15) is 43.9 Å². The van der Waals surface area contributed by atoms with Gasteiger partial charge in [0.2, 0.25) is 11.2 Å². The van der Waals surface area contributed by atoms with Crippen molar-refractivity contribution < 1.29 is 19.0 Å². The minimum absolute atomic E-state index is 0.131. The average Bonchev–Trinajstić information content (AvgIpc) is 3.03. The second kappa shape index (κ2) is 9.43. The number of ether oxygens (including phenoxy) is 2. The lowest BCUT2D eigenvalue weighted by Gasteiger charge is -2.21. The second-order valence-corrected chi connectivity index (χ2v) is 7.93. The van der Waals surface area contributed by atoms with Crippen molar-refractivity contribution in [2.24, 2.45) is 0 Å². The molecule has 6 heteroatoms. The van der Waals surface area contributed by atoms with E-state index in [0.717, 1.165) is 25.9 Å². The maximum Gasteiger partial charge on any atom is 0.235 e. The number of phenolic OH excluding ortho intramolecular Hbond substituents is 1. The summed E-state index contributed by atoms with van der Waals surface area (Å²) in [7, 11) is 0. The van der Waals surface area contributed by atoms with Gasteiger partial charge in [0.15, 0.2) is 11.5 Å². The van der Waals surface area contributed by atoms with Gasteiger partial charge in [-0.15, -0.1) is 0 Å². The van der Waals surface area contributed by atoms with Gasteiger partial charge in [0.1, 0.15) is 17.1 Å². The molecule has 4 rings (SSSR count). The Balaban J connectivity index is 1.74. The molecule has 0 radical (unpaired) electrons. The van der Waals surface area contributed by atoms with Crippen molar-refractivity contribution in [3.63, 3.8) is 0 Å². The van der Waals surface area contributed by atoms with Crippen LogP contribution in [0.15, 0.2) is 45.6 Å². The molecule has 0 unspecified atom stereocenters. The molecular weight excluding hydrogens is 394 g/mol. The zero-order chi connectivity index (χ0) is 21.8. The number of rotatable bonds is 6. The fourth-order valence-electron chi connectivity index (χ4n) is 4.10. The van der Waals surface area contributed by atoms with Gasteiger partial charge in [-0.25, -0.2) is 0 Å². The van der Waals surface area contributed by atoms with E-state index in [1.807, 2.05) is 19.1 Å². The zero-order valence-corrected chi connectivity index (χ0v) is 18.1. The van der Waals surface area contributed by atoms with E-state index in [1.165, 1.54) is 12.8 Å². The highest BCUT2D eigenvalue weighted by atomic mass is 16.5. The summed E-state index contributed by atoms with van der Waals surface area (Å²) in [6.45, 7) is 6.61. The number of hydrogen-bond donors (Lipinski definition) is 1. The van der Waals surface area contributed by atoms with E-state index in [1.54, 1.807) is 31.2 Å². The molecule has 31 heavy (non-hydrogen) atoms. The average molecular weight is 424 g/mol. The Labute approximate surface area is 182 Å². The zero-order valence-electron chi connectivity index (χ0n) is 18.1. The first-order chi connectivity index (χ1) is 15.1. The van der Waals surface area contributed by atoms with Crippen molar-refractivity contribution in [1.29, 1.82) is 0 Å². The van der Waals surface area contributed by atoms with Crippen LogP contribution in [0, 0.1) is 6.92 Å². The first-order valence-corrected chi connectivity index (χ1v) is 11.0. The quantitative estimate of drug-likeness (QED) is 0.574. The minimum atomic E-state index is -0.262. The lowest BCUT2D eigenvalue weighted by molar-refractivity contribution is 0.272. The molecule has 1 fully saturated rings. The van der Waals surface area contributed by atoms with E-state index in [0.29, 0.717) is 46.9 Å². The van der Waals surface area contributed by atoms with Crippen LogP contribution in [0.4, 0.5) is 0 Å². The minimum Gasteiger partial charge on any atom is -0.507 e. The molecule has 0 aliphatic carbocycles. The van der Waals surface area contributed by atoms with E-state index >= 15 is 0 Å². The molecule has 0 saturated carbocycles. The van der Waals surface area contributed by atoms with Crippen LogP contribution in [0.25, 0.3) is 11.0 Å². The SMILES string of the molecule is CCOc1ccccc1Oc1c(C)oc2c(CN3CCCCCC3)c(O)ccc2c1=O. The number of aromatic hydroxyl groups is 1. The monoisotopic (exact) mass is 423 g/mol. The summed E-state index contributed by atoms with van der Waals surface area (Å²) in [6.07, 6.45) is 4.75. The Morgan fingerprint density at radius 2 is 1.74 bits per heavy atom. The Morgan fingerprint density at radius 3 is 2.45 bits per heavy atom. The van der Waals surface area contributed by atoms with Crippen LogP contribution in [0.3, 0.4) is 0 Å². The number of likely N-dealkylation sites (tertiary alicyclic amines) is 1. The molecule has 0 atom stereocenters. The van der Waals surface area contributed by atoms with Gasteiger partial charge in [-0.3, -0.25) is 9.69 Å². The number of nitrogens with zero attached hydrogens (tertiary/aromatic N) is 1. The van der Waals surface area contributed by atoms with Gasteiger partial charge < -0.3 is 19.0 Å². The maximum absolute atomic E-state index is 13.3. The van der Waals surface area contributed by atoms with Gasteiger partial charge in [-0.1, -0.05) is 25.0 Å². The first-order valence-electron chi connectivity index (χ1n) is 11.0. The number of para-hydroxylation sites is 2. The van der Waals surface area contributed by atoms with Gasteiger partial charge in [0, 0.05) is 6.54 Å². The molecule has 6 nitrogen and oxygen atoms in total. The summed E-state index contributed by atoms with van der Waals surface area (Å²) in [5, 5.41) is 11.0. The Bertz CT molecular complexity index is 1110. The van der Waals surface area contributed by atoms with Crippen molar-refractivity contribution in [2.75, 3.05) is 19.7 Å². The van der Waals surface area contributed by atoms with Crippen molar-refractivity contribution in [3.05, 3.63) is 57.9 Å². The third kappa shape index (κ3) is 4.54. The Hall–Kier alpha value is -2.99. The smallest absolute Gasteiger partial charge is 0.235 e. The van der Waals surface area contributed by atoms with Crippen molar-refractivity contribution in [2.45, 2.75) is 46.1 Å². The summed E-state index contributed by atoms with van der Waals surface area (Å²) in [4.78, 5) is 15.6. The maximum atomic E-state index is 13.3. The second-order valence-electron chi connectivity index (χ2n) is 7.93. The summed E-state index contributed by atoms with van der Waals surface area (Å²) in [5.74, 6) is 1.67. The van der Waals surface area contributed by atoms with E-state index in [9.17, 15) is 9.90 Å². The summed E-state index contributed by atoms with van der Waals surface area (Å²) in [5.41, 5.74) is 0.820. The topological polar surface area (TPSA) is 72.1 Å². The van der Waals surface area contributed by atoms with Crippen LogP contribution in [0.5, 0.6) is 23.0 Å². The van der Waals surface area contributed by atoms with E-state index < -0.39 is 0 Å². The number of fused-ring (bicyclic) bond motifs is 1. The largest absolute Gasteiger partial charge is 0.507 e. The van der Waals surface area contributed by atoms with Gasteiger partial charge >= 0.3 is 0 Å². The molecule has 1 aliphatic heterocycles. The number of benzene rings is 2. The van der Waals surface area contributed by atoms with Gasteiger partial charge in [-0.05, 0) is 64.0 Å². The first kappa shape index (κ1) is 21.2. The standard InChI is InChI=1S/C25H29NO5/c1-3-29-21-10-6-7-11-22(21)31-24-17(2)30-25-18(23(24)28)12-13-20(27)19(25)16-26-14-8-4-5-9-15-26/h6-7,10-13,27H,3-5,8-9,14-16H2,1-2H3. The summed E-state index contributed by atoms with van der Waals surface area (Å²) in [6, 6.07) is 10.4. The van der Waals surface area contributed by atoms with Crippen molar-refractivity contribution in [3.8, 4) is 23.0 Å². The lowest BCUT2D eigenvalue weighted by Crippen LogP contribution is -2.24. The molecular formula is C25H29NO5. The fraction of sp³-hybridized carbons (Fsp3) is 0.400. The normalized spacial score (nSPS) is 15.0. The van der Waals surface area contributed by atoms with Gasteiger partial charge in [-0.2, -0.15) is 0 Å². The molecule has 2 heterocycles. The van der Waals surface area contributed by atoms with Crippen LogP contribution in [-0.4, -0.2) is 29.7 Å². The molecule has 1 aliphatic rings. The summed E-state index contributed by atoms with van der Waals surface area (Å²) < 4.78 is 17.7. The van der Waals surface area contributed by atoms with Gasteiger partial charge in [0.05, 0.1) is 17.6 Å². The highest BCUT2D eigenvalue weighted by Gasteiger charge is 2.21. The fourth-order valence-corrected chi connectivity index (χ4v) is 4.10. The molecule has 1 aromatic heterocycles. The highest BCUT2D eigenvalue weighted by molar-refractivity contribution is 5.83. The predicted octanol–water partition coefficient (Wildman–Crippen LogP) is 5.37. The highest BCUT2D eigenvalue weighted by Crippen LogP contribution is 2.35. The number of hydrogen-bond acceptors (Lipinski definition) is 6. The van der Waals surface area contributed by atoms with Crippen LogP contribution in [0.2, 0.25) is 0 Å². The molecule has 1 N–H and O–H groups in total. The van der Waals surface area contributed by atoms with Crippen LogP contribution >= 0.6 is 0 Å². The molecule has 0 bridgehead atoms. The van der Waals surface area contributed by atoms with Gasteiger partial charge in [0.25, 0.3) is 0 Å². The molecule has 3 aromatic rings. The lowest BCUT2D eigenvalue weighted by atomic mass is 10.1. The van der Waals surface area contributed by atoms with E-state index in [-0.39, 0.29) is 16.9 Å². The molecule has 2 aromatic carbocycles. The molecule has 1 saturated heterocycles. The Morgan fingerprint density at radius 1 is 1.03 bits per heavy atom. The third-order valence-electron chi connectivity index (χ3n) is 5.70. The summed E-state index contributed by atoms with van der Waals surface area (Å²) >= 11 is 0. The van der Waals surface area contributed by atoms with E-state index in [2.05, 4.69) is 4.90 Å². The van der Waals surface area contributed by atoms with Crippen LogP contribution < -0.4 is 14.9 Å². The molecule has 0 spiro atoms. The van der Waals surface area contributed by atoms with Crippen molar-refractivity contribution in [1.82, 2.24) is 4.90 Å².